The molecule has 3 aromatic carbocycles. The van der Waals surface area contributed by atoms with Crippen molar-refractivity contribution < 1.29 is 9.90 Å². The summed E-state index contributed by atoms with van der Waals surface area (Å²) in [4.78, 5) is 17.7. The molecule has 0 spiro atoms. The summed E-state index contributed by atoms with van der Waals surface area (Å²) in [6, 6.07) is 20.8. The molecule has 1 atom stereocenters. The number of rotatable bonds is 3. The normalized spacial score (nSPS) is 17.0. The lowest BCUT2D eigenvalue weighted by molar-refractivity contribution is 0.0967. The van der Waals surface area contributed by atoms with Crippen molar-refractivity contribution in [3.8, 4) is 0 Å². The Hall–Kier alpha value is -4.42. The van der Waals surface area contributed by atoms with Gasteiger partial charge in [0.1, 0.15) is 0 Å². The van der Waals surface area contributed by atoms with Gasteiger partial charge < -0.3 is 19.6 Å². The van der Waals surface area contributed by atoms with Gasteiger partial charge in [0.2, 0.25) is 0 Å². The number of aliphatic hydroxyl groups is 1. The van der Waals surface area contributed by atoms with Gasteiger partial charge in [0.15, 0.2) is 0 Å². The molecular weight excluding hydrogens is 460 g/mol. The van der Waals surface area contributed by atoms with Gasteiger partial charge in [-0.1, -0.05) is 36.4 Å². The Morgan fingerprint density at radius 3 is 2.51 bits per heavy atom. The van der Waals surface area contributed by atoms with Crippen molar-refractivity contribution in [2.45, 2.75) is 19.6 Å². The summed E-state index contributed by atoms with van der Waals surface area (Å²) in [6.45, 7) is 2.08. The molecule has 0 fully saturated rings. The molecule has 6 aromatic rings. The Balaban J connectivity index is 1.52. The largest absolute Gasteiger partial charge is 0.396 e. The summed E-state index contributed by atoms with van der Waals surface area (Å²) in [5.41, 5.74) is 8.35. The summed E-state index contributed by atoms with van der Waals surface area (Å²) >= 11 is 0. The van der Waals surface area contributed by atoms with Crippen molar-refractivity contribution >= 4 is 61.7 Å². The van der Waals surface area contributed by atoms with Crippen molar-refractivity contribution in [2.24, 2.45) is 5.92 Å². The van der Waals surface area contributed by atoms with Crippen LogP contribution in [-0.2, 0) is 19.6 Å². The summed E-state index contributed by atoms with van der Waals surface area (Å²) < 4.78 is 4.72. The Labute approximate surface area is 212 Å². The van der Waals surface area contributed by atoms with Gasteiger partial charge in [-0.2, -0.15) is 0 Å². The molecule has 0 saturated carbocycles. The molecular formula is C31H24N4O2. The molecule has 0 saturated heterocycles. The van der Waals surface area contributed by atoms with Gasteiger partial charge in [-0.05, 0) is 47.5 Å². The predicted molar refractivity (Wildman–Crippen MR) is 147 cm³/mol. The Morgan fingerprint density at radius 2 is 1.70 bits per heavy atom. The number of pyridine rings is 1. The van der Waals surface area contributed by atoms with Crippen molar-refractivity contribution in [2.75, 3.05) is 6.61 Å². The maximum Gasteiger partial charge on any atom is 0.252 e. The van der Waals surface area contributed by atoms with Gasteiger partial charge in [0.05, 0.1) is 22.3 Å². The molecule has 5 heterocycles. The van der Waals surface area contributed by atoms with Crippen LogP contribution >= 0.6 is 0 Å². The molecule has 6 heteroatoms. The third-order valence-corrected chi connectivity index (χ3v) is 8.06. The first kappa shape index (κ1) is 20.7. The molecule has 180 valence electrons. The molecule has 0 radical (unpaired) electrons. The minimum absolute atomic E-state index is 0.00910. The van der Waals surface area contributed by atoms with Crippen LogP contribution in [0.2, 0.25) is 0 Å². The number of nitrogens with one attached hydrogen (secondary N) is 1. The van der Waals surface area contributed by atoms with Crippen molar-refractivity contribution in [3.05, 3.63) is 89.2 Å². The van der Waals surface area contributed by atoms with E-state index in [1.807, 2.05) is 24.3 Å². The third kappa shape index (κ3) is 2.79. The van der Waals surface area contributed by atoms with Crippen LogP contribution in [0.1, 0.15) is 27.2 Å². The van der Waals surface area contributed by atoms with E-state index in [1.165, 1.54) is 10.9 Å². The fraction of sp³-hybridized carbons (Fsp3) is 0.161. The third-order valence-electron chi connectivity index (χ3n) is 8.06. The highest BCUT2D eigenvalue weighted by molar-refractivity contribution is 6.31. The summed E-state index contributed by atoms with van der Waals surface area (Å²) in [5.74, 6) is 0.0581. The average Bonchev–Trinajstić information content (AvgIpc) is 3.53. The second-order valence-electron chi connectivity index (χ2n) is 10.1. The highest BCUT2D eigenvalue weighted by Gasteiger charge is 2.34. The van der Waals surface area contributed by atoms with E-state index in [0.29, 0.717) is 13.1 Å². The highest BCUT2D eigenvalue weighted by atomic mass is 16.3. The lowest BCUT2D eigenvalue weighted by Crippen LogP contribution is -2.18. The number of nitrogens with zero attached hydrogens (tertiary/aromatic N) is 3. The maximum absolute atomic E-state index is 13.3. The minimum atomic E-state index is -0.00910. The number of carbonyl (C=O) groups excluding carboxylic acids is 1. The number of benzene rings is 3. The van der Waals surface area contributed by atoms with Gasteiger partial charge in [-0.15, -0.1) is 0 Å². The zero-order valence-electron chi connectivity index (χ0n) is 20.1. The van der Waals surface area contributed by atoms with E-state index in [2.05, 4.69) is 68.0 Å². The fourth-order valence-electron chi connectivity index (χ4n) is 6.52. The van der Waals surface area contributed by atoms with E-state index in [9.17, 15) is 9.90 Å². The lowest BCUT2D eigenvalue weighted by Gasteiger charge is -2.15. The van der Waals surface area contributed by atoms with Gasteiger partial charge >= 0.3 is 0 Å². The van der Waals surface area contributed by atoms with Crippen LogP contribution in [0.4, 0.5) is 0 Å². The second-order valence-corrected chi connectivity index (χ2v) is 10.1. The molecule has 2 N–H and O–H groups in total. The molecule has 8 rings (SSSR count). The standard InChI is InChI=1S/C31H24N4O2/c36-17-19-15-34-24-7-2-1-6-21(24)26-23-14-33-31(37)28(23)27-22-13-18(8-10-20-5-3-4-12-32-20)9-11-25(22)35(16-19)30(27)29(26)34/h1-13,19,36H,14-17H2,(H,33,37)/b10-8+. The first-order valence-corrected chi connectivity index (χ1v) is 12.7. The lowest BCUT2D eigenvalue weighted by atomic mass is 9.96. The molecule has 0 aliphatic carbocycles. The van der Waals surface area contributed by atoms with E-state index >= 15 is 0 Å². The molecule has 1 amide bonds. The van der Waals surface area contributed by atoms with Crippen LogP contribution in [0.5, 0.6) is 0 Å². The Bertz CT molecular complexity index is 1950. The molecule has 1 unspecified atom stereocenters. The SMILES string of the molecule is O=C1NCc2c1c1c3cc(/C=C/c4ccccn4)ccc3n3c1c1c2c2ccccc2n1CC(CO)C3. The van der Waals surface area contributed by atoms with Crippen LogP contribution < -0.4 is 5.32 Å². The first-order chi connectivity index (χ1) is 18.2. The Morgan fingerprint density at radius 1 is 0.919 bits per heavy atom. The van der Waals surface area contributed by atoms with Gasteiger partial charge in [0.25, 0.3) is 5.91 Å². The summed E-state index contributed by atoms with van der Waals surface area (Å²) in [5, 5.41) is 17.9. The first-order valence-electron chi connectivity index (χ1n) is 12.7. The van der Waals surface area contributed by atoms with Crippen molar-refractivity contribution in [1.82, 2.24) is 19.4 Å². The number of aliphatic hydroxyl groups excluding tert-OH is 1. The number of fused-ring (bicyclic) bond motifs is 9. The number of para-hydroxylation sites is 1. The smallest absolute Gasteiger partial charge is 0.252 e. The molecule has 2 aliphatic rings. The van der Waals surface area contributed by atoms with E-state index in [4.69, 9.17) is 0 Å². The topological polar surface area (TPSA) is 72.1 Å². The molecule has 6 nitrogen and oxygen atoms in total. The van der Waals surface area contributed by atoms with E-state index in [1.54, 1.807) is 6.20 Å². The maximum atomic E-state index is 13.3. The van der Waals surface area contributed by atoms with Crippen LogP contribution in [0.15, 0.2) is 66.9 Å². The molecule has 37 heavy (non-hydrogen) atoms. The number of hydrogen-bond donors (Lipinski definition) is 2. The fourth-order valence-corrected chi connectivity index (χ4v) is 6.52. The van der Waals surface area contributed by atoms with E-state index in [-0.39, 0.29) is 18.4 Å². The summed E-state index contributed by atoms with van der Waals surface area (Å²) in [7, 11) is 0. The predicted octanol–water partition coefficient (Wildman–Crippen LogP) is 5.33. The zero-order chi connectivity index (χ0) is 24.7. The van der Waals surface area contributed by atoms with E-state index in [0.717, 1.165) is 61.6 Å². The molecule has 2 aliphatic heterocycles. The van der Waals surface area contributed by atoms with Crippen LogP contribution in [0, 0.1) is 5.92 Å². The minimum Gasteiger partial charge on any atom is -0.396 e. The highest BCUT2D eigenvalue weighted by Crippen LogP contribution is 2.46. The van der Waals surface area contributed by atoms with Gasteiger partial charge in [-0.25, -0.2) is 0 Å². The number of aromatic nitrogens is 3. The number of carbonyl (C=O) groups is 1. The molecule has 3 aromatic heterocycles. The second kappa shape index (κ2) is 7.54. The van der Waals surface area contributed by atoms with Crippen LogP contribution in [-0.4, -0.2) is 31.7 Å². The zero-order valence-corrected chi connectivity index (χ0v) is 20.1. The van der Waals surface area contributed by atoms with Crippen LogP contribution in [0.25, 0.3) is 55.8 Å². The quantitative estimate of drug-likeness (QED) is 0.357. The number of hydrogen-bond acceptors (Lipinski definition) is 3. The monoisotopic (exact) mass is 484 g/mol. The molecule has 0 bridgehead atoms. The van der Waals surface area contributed by atoms with Crippen molar-refractivity contribution in [3.63, 3.8) is 0 Å². The van der Waals surface area contributed by atoms with E-state index < -0.39 is 0 Å². The number of amides is 1. The van der Waals surface area contributed by atoms with Gasteiger partial charge in [0, 0.05) is 70.9 Å². The Kier molecular flexibility index (Phi) is 4.23. The average molecular weight is 485 g/mol. The summed E-state index contributed by atoms with van der Waals surface area (Å²) in [6.07, 6.45) is 5.88. The van der Waals surface area contributed by atoms with Crippen molar-refractivity contribution in [1.29, 1.82) is 0 Å². The van der Waals surface area contributed by atoms with Gasteiger partial charge in [-0.3, -0.25) is 9.78 Å². The van der Waals surface area contributed by atoms with Crippen LogP contribution in [0.3, 0.4) is 0 Å².